The molecule has 0 aliphatic carbocycles. The summed E-state index contributed by atoms with van der Waals surface area (Å²) in [4.78, 5) is 21.6. The van der Waals surface area contributed by atoms with Crippen LogP contribution in [0, 0.1) is 11.3 Å². The molecule has 0 atom stereocenters. The summed E-state index contributed by atoms with van der Waals surface area (Å²) in [7, 11) is 0. The maximum atomic E-state index is 12.4. The van der Waals surface area contributed by atoms with Crippen molar-refractivity contribution in [2.24, 2.45) is 0 Å². The Hall–Kier alpha value is -3.21. The first-order valence-electron chi connectivity index (χ1n) is 10.4. The molecule has 0 saturated carbocycles. The molecule has 1 amide bonds. The topological polar surface area (TPSA) is 78.7 Å². The zero-order chi connectivity index (χ0) is 22.3. The molecular weight excluding hydrogens is 436 g/mol. The Morgan fingerprint density at radius 1 is 1.12 bits per heavy atom. The molecule has 4 rings (SSSR count). The predicted octanol–water partition coefficient (Wildman–Crippen LogP) is 6.30. The molecule has 160 valence electrons. The van der Waals surface area contributed by atoms with Crippen LogP contribution in [0.4, 0.5) is 5.13 Å². The van der Waals surface area contributed by atoms with Crippen molar-refractivity contribution in [3.63, 3.8) is 0 Å². The van der Waals surface area contributed by atoms with Gasteiger partial charge in [-0.1, -0.05) is 49.7 Å². The summed E-state index contributed by atoms with van der Waals surface area (Å²) in [6, 6.07) is 20.3. The maximum absolute atomic E-state index is 12.4. The molecule has 0 aliphatic heterocycles. The number of benzene rings is 2. The molecule has 7 heteroatoms. The Bertz CT molecular complexity index is 1290. The first-order chi connectivity index (χ1) is 15.7. The van der Waals surface area contributed by atoms with Crippen LogP contribution in [0.2, 0.25) is 0 Å². The van der Waals surface area contributed by atoms with E-state index in [1.807, 2.05) is 35.7 Å². The molecule has 2 aromatic carbocycles. The minimum Gasteiger partial charge on any atom is -0.302 e. The number of amides is 1. The van der Waals surface area contributed by atoms with Crippen LogP contribution in [0.5, 0.6) is 0 Å². The largest absolute Gasteiger partial charge is 0.302 e. The van der Waals surface area contributed by atoms with Gasteiger partial charge in [0.15, 0.2) is 5.13 Å². The number of nitriles is 1. The van der Waals surface area contributed by atoms with E-state index in [4.69, 9.17) is 0 Å². The Morgan fingerprint density at radius 3 is 2.78 bits per heavy atom. The molecular formula is C25H22N4OS2. The highest BCUT2D eigenvalue weighted by molar-refractivity contribution is 7.99. The lowest BCUT2D eigenvalue weighted by Gasteiger charge is -2.06. The molecule has 0 radical (unpaired) electrons. The zero-order valence-corrected chi connectivity index (χ0v) is 19.3. The fraction of sp³-hybridized carbons (Fsp3) is 0.200. The molecule has 2 heterocycles. The average molecular weight is 459 g/mol. The smallest absolute Gasteiger partial charge is 0.226 e. The van der Waals surface area contributed by atoms with Crippen LogP contribution in [0.1, 0.15) is 31.0 Å². The number of thioether (sulfide) groups is 1. The molecule has 0 bridgehead atoms. The SMILES string of the molecule is CCCc1ccc(C#N)c(SCCC(=O)Nc2nc(-c3ccc4ccccc4c3)cs2)n1. The quantitative estimate of drug-likeness (QED) is 0.313. The lowest BCUT2D eigenvalue weighted by Crippen LogP contribution is -2.12. The lowest BCUT2D eigenvalue weighted by molar-refractivity contribution is -0.115. The highest BCUT2D eigenvalue weighted by Gasteiger charge is 2.11. The van der Waals surface area contributed by atoms with Gasteiger partial charge in [-0.05, 0) is 35.4 Å². The van der Waals surface area contributed by atoms with Gasteiger partial charge in [-0.3, -0.25) is 4.79 Å². The predicted molar refractivity (Wildman–Crippen MR) is 132 cm³/mol. The number of aromatic nitrogens is 2. The Balaban J connectivity index is 1.35. The minimum atomic E-state index is -0.0971. The normalized spacial score (nSPS) is 10.8. The molecule has 2 aromatic heterocycles. The maximum Gasteiger partial charge on any atom is 0.226 e. The second-order valence-corrected chi connectivity index (χ2v) is 9.21. The molecule has 0 unspecified atom stereocenters. The molecule has 0 aliphatic rings. The number of hydrogen-bond donors (Lipinski definition) is 1. The number of hydrogen-bond acceptors (Lipinski definition) is 6. The van der Waals surface area contributed by atoms with E-state index in [0.29, 0.717) is 27.9 Å². The van der Waals surface area contributed by atoms with Gasteiger partial charge in [0.25, 0.3) is 0 Å². The van der Waals surface area contributed by atoms with Crippen molar-refractivity contribution in [1.29, 1.82) is 5.26 Å². The number of pyridine rings is 1. The van der Waals surface area contributed by atoms with E-state index < -0.39 is 0 Å². The second-order valence-electron chi connectivity index (χ2n) is 7.26. The highest BCUT2D eigenvalue weighted by atomic mass is 32.2. The van der Waals surface area contributed by atoms with E-state index in [1.54, 1.807) is 0 Å². The van der Waals surface area contributed by atoms with Crippen molar-refractivity contribution >= 4 is 44.9 Å². The van der Waals surface area contributed by atoms with Crippen molar-refractivity contribution in [1.82, 2.24) is 9.97 Å². The molecule has 5 nitrogen and oxygen atoms in total. The molecule has 0 spiro atoms. The van der Waals surface area contributed by atoms with E-state index in [2.05, 4.69) is 52.5 Å². The van der Waals surface area contributed by atoms with E-state index in [9.17, 15) is 10.1 Å². The molecule has 4 aromatic rings. The van der Waals surface area contributed by atoms with Crippen molar-refractivity contribution in [2.75, 3.05) is 11.1 Å². The van der Waals surface area contributed by atoms with Gasteiger partial charge in [0.1, 0.15) is 11.1 Å². The third kappa shape index (κ3) is 5.34. The number of rotatable bonds is 8. The summed E-state index contributed by atoms with van der Waals surface area (Å²) in [6.07, 6.45) is 2.20. The Kier molecular flexibility index (Phi) is 7.15. The van der Waals surface area contributed by atoms with Gasteiger partial charge >= 0.3 is 0 Å². The van der Waals surface area contributed by atoms with E-state index in [-0.39, 0.29) is 5.91 Å². The number of aryl methyl sites for hydroxylation is 1. The number of carbonyl (C=O) groups excluding carboxylic acids is 1. The third-order valence-corrected chi connectivity index (χ3v) is 6.66. The highest BCUT2D eigenvalue weighted by Crippen LogP contribution is 2.28. The van der Waals surface area contributed by atoms with E-state index in [0.717, 1.165) is 35.2 Å². The third-order valence-electron chi connectivity index (χ3n) is 4.91. The van der Waals surface area contributed by atoms with Crippen LogP contribution in [-0.2, 0) is 11.2 Å². The van der Waals surface area contributed by atoms with Crippen LogP contribution in [0.3, 0.4) is 0 Å². The summed E-state index contributed by atoms with van der Waals surface area (Å²) in [5.41, 5.74) is 3.40. The van der Waals surface area contributed by atoms with Crippen molar-refractivity contribution in [3.05, 3.63) is 71.2 Å². The van der Waals surface area contributed by atoms with Gasteiger partial charge in [-0.25, -0.2) is 9.97 Å². The standard InChI is InChI=1S/C25H22N4OS2/c1-2-5-21-11-10-20(15-26)24(27-21)31-13-12-23(30)29-25-28-22(16-32-25)19-9-8-17-6-3-4-7-18(17)14-19/h3-4,6-11,14,16H,2,5,12-13H2,1H3,(H,28,29,30). The minimum absolute atomic E-state index is 0.0971. The number of anilines is 1. The van der Waals surface area contributed by atoms with Gasteiger partial charge in [-0.2, -0.15) is 5.26 Å². The molecule has 0 fully saturated rings. The summed E-state index contributed by atoms with van der Waals surface area (Å²) in [5, 5.41) is 17.8. The number of fused-ring (bicyclic) bond motifs is 1. The summed E-state index contributed by atoms with van der Waals surface area (Å²) < 4.78 is 0. The fourth-order valence-electron chi connectivity index (χ4n) is 3.30. The van der Waals surface area contributed by atoms with E-state index in [1.165, 1.54) is 28.5 Å². The van der Waals surface area contributed by atoms with Crippen molar-refractivity contribution < 1.29 is 4.79 Å². The summed E-state index contributed by atoms with van der Waals surface area (Å²) in [5.74, 6) is 0.451. The lowest BCUT2D eigenvalue weighted by atomic mass is 10.1. The van der Waals surface area contributed by atoms with Gasteiger partial charge in [0, 0.05) is 28.8 Å². The van der Waals surface area contributed by atoms with Crippen LogP contribution in [0.15, 0.2) is 65.0 Å². The monoisotopic (exact) mass is 458 g/mol. The Morgan fingerprint density at radius 2 is 1.97 bits per heavy atom. The number of nitrogens with one attached hydrogen (secondary N) is 1. The first-order valence-corrected chi connectivity index (χ1v) is 12.3. The van der Waals surface area contributed by atoms with Crippen LogP contribution in [-0.4, -0.2) is 21.6 Å². The fourth-order valence-corrected chi connectivity index (χ4v) is 4.97. The van der Waals surface area contributed by atoms with Crippen molar-refractivity contribution in [2.45, 2.75) is 31.2 Å². The van der Waals surface area contributed by atoms with Gasteiger partial charge in [0.05, 0.1) is 11.3 Å². The van der Waals surface area contributed by atoms with Gasteiger partial charge in [-0.15, -0.1) is 23.1 Å². The first kappa shape index (κ1) is 22.0. The average Bonchev–Trinajstić information content (AvgIpc) is 3.27. The van der Waals surface area contributed by atoms with Crippen LogP contribution < -0.4 is 5.32 Å². The van der Waals surface area contributed by atoms with Gasteiger partial charge < -0.3 is 5.32 Å². The summed E-state index contributed by atoms with van der Waals surface area (Å²) in [6.45, 7) is 2.10. The van der Waals surface area contributed by atoms with Crippen LogP contribution in [0.25, 0.3) is 22.0 Å². The number of thiazole rings is 1. The molecule has 0 saturated heterocycles. The summed E-state index contributed by atoms with van der Waals surface area (Å²) >= 11 is 2.86. The number of carbonyl (C=O) groups is 1. The van der Waals surface area contributed by atoms with Gasteiger partial charge in [0.2, 0.25) is 5.91 Å². The second kappa shape index (κ2) is 10.4. The van der Waals surface area contributed by atoms with Crippen LogP contribution >= 0.6 is 23.1 Å². The van der Waals surface area contributed by atoms with Crippen molar-refractivity contribution in [3.8, 4) is 17.3 Å². The molecule has 32 heavy (non-hydrogen) atoms. The molecule has 1 N–H and O–H groups in total. The van der Waals surface area contributed by atoms with E-state index >= 15 is 0 Å². The number of nitrogens with zero attached hydrogens (tertiary/aromatic N) is 3. The Labute approximate surface area is 195 Å². The zero-order valence-electron chi connectivity index (χ0n) is 17.7.